The first-order valence-corrected chi connectivity index (χ1v) is 7.59. The smallest absolute Gasteiger partial charge is 0.322 e. The summed E-state index contributed by atoms with van der Waals surface area (Å²) in [6.07, 6.45) is 2.37. The van der Waals surface area contributed by atoms with Crippen molar-refractivity contribution in [3.8, 4) is 6.01 Å². The standard InChI is InChI=1S/C11H17ClN4OS/c1-7(2)17-11-15-9(12)14-10(16-11)13-8-4-3-5-18-6-8/h7-8H,3-6H2,1-2H3,(H,13,14,15,16). The normalized spacial score (nSPS) is 19.9. The van der Waals surface area contributed by atoms with Crippen LogP contribution in [0.3, 0.4) is 0 Å². The Bertz CT molecular complexity index is 399. The van der Waals surface area contributed by atoms with E-state index in [2.05, 4.69) is 20.3 Å². The monoisotopic (exact) mass is 288 g/mol. The van der Waals surface area contributed by atoms with E-state index in [4.69, 9.17) is 16.3 Å². The van der Waals surface area contributed by atoms with Crippen LogP contribution in [-0.4, -0.2) is 38.6 Å². The van der Waals surface area contributed by atoms with Gasteiger partial charge < -0.3 is 10.1 Å². The minimum atomic E-state index is 0.0153. The Balaban J connectivity index is 2.04. The van der Waals surface area contributed by atoms with Gasteiger partial charge in [-0.25, -0.2) is 0 Å². The fourth-order valence-electron chi connectivity index (χ4n) is 1.70. The van der Waals surface area contributed by atoms with E-state index in [1.54, 1.807) is 0 Å². The van der Waals surface area contributed by atoms with Gasteiger partial charge >= 0.3 is 6.01 Å². The molecule has 1 unspecified atom stereocenters. The van der Waals surface area contributed by atoms with Crippen molar-refractivity contribution in [2.24, 2.45) is 0 Å². The van der Waals surface area contributed by atoms with Gasteiger partial charge in [0, 0.05) is 11.8 Å². The zero-order chi connectivity index (χ0) is 13.0. The Morgan fingerprint density at radius 1 is 1.39 bits per heavy atom. The molecule has 1 aromatic rings. The van der Waals surface area contributed by atoms with Crippen LogP contribution in [0.1, 0.15) is 26.7 Å². The van der Waals surface area contributed by atoms with Gasteiger partial charge in [-0.15, -0.1) is 0 Å². The summed E-state index contributed by atoms with van der Waals surface area (Å²) in [6.45, 7) is 3.84. The maximum atomic E-state index is 5.86. The van der Waals surface area contributed by atoms with Crippen molar-refractivity contribution in [2.45, 2.75) is 38.8 Å². The zero-order valence-corrected chi connectivity index (χ0v) is 12.1. The Labute approximate surface area is 116 Å². The maximum Gasteiger partial charge on any atom is 0.322 e. The third kappa shape index (κ3) is 4.17. The predicted molar refractivity (Wildman–Crippen MR) is 74.6 cm³/mol. The summed E-state index contributed by atoms with van der Waals surface area (Å²) in [5, 5.41) is 3.45. The number of halogens is 1. The quantitative estimate of drug-likeness (QED) is 0.919. The molecule has 0 amide bonds. The van der Waals surface area contributed by atoms with Gasteiger partial charge in [-0.2, -0.15) is 26.7 Å². The summed E-state index contributed by atoms with van der Waals surface area (Å²) in [5.74, 6) is 2.81. The van der Waals surface area contributed by atoms with Crippen LogP contribution < -0.4 is 10.1 Å². The molecule has 1 aromatic heterocycles. The molecule has 1 N–H and O–H groups in total. The Morgan fingerprint density at radius 3 is 2.89 bits per heavy atom. The predicted octanol–water partition coefficient (Wildman–Crippen LogP) is 2.62. The summed E-state index contributed by atoms with van der Waals surface area (Å²) < 4.78 is 5.43. The second-order valence-corrected chi connectivity index (χ2v) is 5.92. The van der Waals surface area contributed by atoms with E-state index in [1.165, 1.54) is 12.2 Å². The number of aromatic nitrogens is 3. The number of hydrogen-bond acceptors (Lipinski definition) is 6. The van der Waals surface area contributed by atoms with Gasteiger partial charge in [0.15, 0.2) is 0 Å². The molecule has 0 spiro atoms. The van der Waals surface area contributed by atoms with Crippen molar-refractivity contribution < 1.29 is 4.74 Å². The first-order valence-electron chi connectivity index (χ1n) is 6.06. The Hall–Kier alpha value is -0.750. The highest BCUT2D eigenvalue weighted by atomic mass is 35.5. The van der Waals surface area contributed by atoms with Crippen molar-refractivity contribution >= 4 is 29.3 Å². The fraction of sp³-hybridized carbons (Fsp3) is 0.727. The van der Waals surface area contributed by atoms with Crippen LogP contribution in [0.2, 0.25) is 5.28 Å². The zero-order valence-electron chi connectivity index (χ0n) is 10.5. The molecule has 2 rings (SSSR count). The number of ether oxygens (including phenoxy) is 1. The van der Waals surface area contributed by atoms with Crippen LogP contribution >= 0.6 is 23.4 Å². The molecule has 0 radical (unpaired) electrons. The van der Waals surface area contributed by atoms with E-state index >= 15 is 0 Å². The Morgan fingerprint density at radius 2 is 2.22 bits per heavy atom. The molecule has 1 aliphatic heterocycles. The summed E-state index contributed by atoms with van der Waals surface area (Å²) in [4.78, 5) is 12.2. The highest BCUT2D eigenvalue weighted by Crippen LogP contribution is 2.20. The van der Waals surface area contributed by atoms with E-state index < -0.39 is 0 Å². The number of nitrogens with one attached hydrogen (secondary N) is 1. The summed E-state index contributed by atoms with van der Waals surface area (Å²) >= 11 is 7.81. The molecule has 1 fully saturated rings. The van der Waals surface area contributed by atoms with Gasteiger partial charge in [0.2, 0.25) is 11.2 Å². The van der Waals surface area contributed by atoms with Crippen LogP contribution in [0, 0.1) is 0 Å². The molecule has 1 atom stereocenters. The minimum absolute atomic E-state index is 0.0153. The summed E-state index contributed by atoms with van der Waals surface area (Å²) in [5.41, 5.74) is 0. The highest BCUT2D eigenvalue weighted by Gasteiger charge is 2.16. The van der Waals surface area contributed by atoms with Gasteiger partial charge in [-0.1, -0.05) is 0 Å². The maximum absolute atomic E-state index is 5.86. The van der Waals surface area contributed by atoms with Gasteiger partial charge in [0.1, 0.15) is 0 Å². The van der Waals surface area contributed by atoms with Crippen molar-refractivity contribution in [1.29, 1.82) is 0 Å². The van der Waals surface area contributed by atoms with E-state index in [1.807, 2.05) is 25.6 Å². The highest BCUT2D eigenvalue weighted by molar-refractivity contribution is 7.99. The Kier molecular flexibility index (Phi) is 4.88. The molecule has 2 heterocycles. The van der Waals surface area contributed by atoms with E-state index in [9.17, 15) is 0 Å². The molecule has 0 aliphatic carbocycles. The molecular formula is C11H17ClN4OS. The number of anilines is 1. The summed E-state index contributed by atoms with van der Waals surface area (Å²) in [6, 6.07) is 0.671. The number of thioether (sulfide) groups is 1. The molecule has 1 aliphatic rings. The van der Waals surface area contributed by atoms with Crippen molar-refractivity contribution in [1.82, 2.24) is 15.0 Å². The van der Waals surface area contributed by atoms with Crippen LogP contribution in [-0.2, 0) is 0 Å². The second-order valence-electron chi connectivity index (χ2n) is 4.44. The molecular weight excluding hydrogens is 272 g/mol. The van der Waals surface area contributed by atoms with Crippen LogP contribution in [0.15, 0.2) is 0 Å². The lowest BCUT2D eigenvalue weighted by molar-refractivity contribution is 0.222. The number of hydrogen-bond donors (Lipinski definition) is 1. The topological polar surface area (TPSA) is 59.9 Å². The first-order chi connectivity index (χ1) is 8.63. The lowest BCUT2D eigenvalue weighted by Crippen LogP contribution is -2.27. The first kappa shape index (κ1) is 13.7. The average Bonchev–Trinajstić information content (AvgIpc) is 2.28. The third-order valence-electron chi connectivity index (χ3n) is 2.42. The molecule has 100 valence electrons. The molecule has 0 aromatic carbocycles. The minimum Gasteiger partial charge on any atom is -0.461 e. The van der Waals surface area contributed by atoms with Crippen molar-refractivity contribution in [2.75, 3.05) is 16.8 Å². The van der Waals surface area contributed by atoms with Crippen molar-refractivity contribution in [3.05, 3.63) is 5.28 Å². The summed E-state index contributed by atoms with van der Waals surface area (Å²) in [7, 11) is 0. The van der Waals surface area contributed by atoms with Crippen LogP contribution in [0.25, 0.3) is 0 Å². The van der Waals surface area contributed by atoms with E-state index in [0.29, 0.717) is 12.0 Å². The van der Waals surface area contributed by atoms with Crippen LogP contribution in [0.5, 0.6) is 6.01 Å². The third-order valence-corrected chi connectivity index (χ3v) is 3.81. The van der Waals surface area contributed by atoms with Gasteiger partial charge in [-0.05, 0) is 44.0 Å². The SMILES string of the molecule is CC(C)Oc1nc(Cl)nc(NC2CCCSC2)n1. The second kappa shape index (κ2) is 6.43. The lowest BCUT2D eigenvalue weighted by atomic mass is 10.2. The van der Waals surface area contributed by atoms with Gasteiger partial charge in [0.25, 0.3) is 0 Å². The molecule has 0 saturated carbocycles. The fourth-order valence-corrected chi connectivity index (χ4v) is 2.92. The van der Waals surface area contributed by atoms with E-state index in [0.717, 1.165) is 12.2 Å². The average molecular weight is 289 g/mol. The molecule has 7 heteroatoms. The van der Waals surface area contributed by atoms with Crippen LogP contribution in [0.4, 0.5) is 5.95 Å². The largest absolute Gasteiger partial charge is 0.461 e. The van der Waals surface area contributed by atoms with Gasteiger partial charge in [-0.3, -0.25) is 0 Å². The molecule has 5 nitrogen and oxygen atoms in total. The number of nitrogens with zero attached hydrogens (tertiary/aromatic N) is 3. The molecule has 0 bridgehead atoms. The molecule has 1 saturated heterocycles. The molecule has 18 heavy (non-hydrogen) atoms. The van der Waals surface area contributed by atoms with Crippen molar-refractivity contribution in [3.63, 3.8) is 0 Å². The lowest BCUT2D eigenvalue weighted by Gasteiger charge is -2.22. The van der Waals surface area contributed by atoms with Gasteiger partial charge in [0.05, 0.1) is 6.10 Å². The van der Waals surface area contributed by atoms with E-state index in [-0.39, 0.29) is 17.4 Å². The number of rotatable bonds is 4.